The molecular weight excluding hydrogens is 497 g/mol. The largest absolute Gasteiger partial charge is 0.459 e. The van der Waals surface area contributed by atoms with Crippen molar-refractivity contribution >= 4 is 23.0 Å². The Kier molecular flexibility index (Phi) is 6.35. The Hall–Kier alpha value is -4.49. The fraction of sp³-hybridized carbons (Fsp3) is 0.0968. The van der Waals surface area contributed by atoms with E-state index < -0.39 is 0 Å². The summed E-state index contributed by atoms with van der Waals surface area (Å²) < 4.78 is 25.9. The monoisotopic (exact) mass is 521 g/mol. The van der Waals surface area contributed by atoms with Gasteiger partial charge in [-0.3, -0.25) is 4.98 Å². The van der Waals surface area contributed by atoms with Gasteiger partial charge in [0.25, 0.3) is 0 Å². The predicted octanol–water partition coefficient (Wildman–Crippen LogP) is 7.76. The molecule has 6 rings (SSSR count). The highest BCUT2D eigenvalue weighted by Gasteiger charge is 2.42. The third kappa shape index (κ3) is 4.64. The number of anilines is 1. The van der Waals surface area contributed by atoms with Crippen molar-refractivity contribution in [2.75, 3.05) is 4.90 Å². The third-order valence-corrected chi connectivity index (χ3v) is 6.90. The van der Waals surface area contributed by atoms with Gasteiger partial charge in [0.05, 0.1) is 11.7 Å². The quantitative estimate of drug-likeness (QED) is 0.231. The van der Waals surface area contributed by atoms with Crippen molar-refractivity contribution < 1.29 is 13.5 Å². The molecule has 1 N–H and O–H groups in total. The van der Waals surface area contributed by atoms with Crippen LogP contribution in [0, 0.1) is 12.7 Å². The van der Waals surface area contributed by atoms with Gasteiger partial charge in [-0.1, -0.05) is 24.3 Å². The molecule has 188 valence electrons. The van der Waals surface area contributed by atoms with Crippen molar-refractivity contribution in [2.24, 2.45) is 0 Å². The molecule has 0 amide bonds. The number of hydrogen-bond donors (Lipinski definition) is 1. The first-order chi connectivity index (χ1) is 18.6. The maximum absolute atomic E-state index is 13.5. The number of furan rings is 1. The van der Waals surface area contributed by atoms with Gasteiger partial charge in [0.2, 0.25) is 0 Å². The number of aryl methyl sites for hydroxylation is 1. The highest BCUT2D eigenvalue weighted by Crippen LogP contribution is 2.43. The lowest BCUT2D eigenvalue weighted by molar-refractivity contribution is 0.439. The molecule has 1 saturated heterocycles. The van der Waals surface area contributed by atoms with E-state index >= 15 is 0 Å². The molecule has 2 aromatic heterocycles. The van der Waals surface area contributed by atoms with E-state index in [2.05, 4.69) is 10.3 Å². The van der Waals surface area contributed by atoms with E-state index in [0.717, 1.165) is 34.0 Å². The maximum atomic E-state index is 13.5. The number of aromatic nitrogens is 1. The molecule has 1 fully saturated rings. The molecule has 0 saturated carbocycles. The number of benzene rings is 3. The number of hydrogen-bond acceptors (Lipinski definition) is 4. The van der Waals surface area contributed by atoms with Crippen LogP contribution >= 0.6 is 12.2 Å². The smallest absolute Gasteiger partial charge is 0.174 e. The molecule has 0 aliphatic carbocycles. The first kappa shape index (κ1) is 23.9. The van der Waals surface area contributed by atoms with Crippen molar-refractivity contribution in [1.29, 1.82) is 0 Å². The summed E-state index contributed by atoms with van der Waals surface area (Å²) in [5.41, 5.74) is 3.60. The van der Waals surface area contributed by atoms with Crippen LogP contribution in [0.15, 0.2) is 114 Å². The van der Waals surface area contributed by atoms with Crippen LogP contribution in [0.5, 0.6) is 11.5 Å². The third-order valence-electron chi connectivity index (χ3n) is 6.58. The van der Waals surface area contributed by atoms with Crippen molar-refractivity contribution in [3.8, 4) is 22.8 Å². The Balaban J connectivity index is 1.35. The van der Waals surface area contributed by atoms with Gasteiger partial charge in [0.1, 0.15) is 34.9 Å². The maximum Gasteiger partial charge on any atom is 0.174 e. The van der Waals surface area contributed by atoms with Crippen LogP contribution in [0.2, 0.25) is 0 Å². The van der Waals surface area contributed by atoms with Gasteiger partial charge in [-0.2, -0.15) is 0 Å². The zero-order valence-corrected chi connectivity index (χ0v) is 21.4. The SMILES string of the molecule is Cc1ccccc1Oc1ccc(N2C(=S)N[C@H](c3ccccn3)[C@H]2c2ccc(-c3ccc(F)cc3)o2)cc1. The van der Waals surface area contributed by atoms with Gasteiger partial charge in [-0.25, -0.2) is 4.39 Å². The first-order valence-corrected chi connectivity index (χ1v) is 12.7. The van der Waals surface area contributed by atoms with Crippen LogP contribution in [-0.4, -0.2) is 10.1 Å². The molecule has 0 bridgehead atoms. The summed E-state index contributed by atoms with van der Waals surface area (Å²) in [7, 11) is 0. The molecule has 0 spiro atoms. The Morgan fingerprint density at radius 2 is 1.66 bits per heavy atom. The zero-order chi connectivity index (χ0) is 26.1. The van der Waals surface area contributed by atoms with Gasteiger partial charge in [-0.05, 0) is 104 Å². The number of ether oxygens (including phenoxy) is 1. The second-order valence-electron chi connectivity index (χ2n) is 9.07. The molecule has 5 nitrogen and oxygen atoms in total. The summed E-state index contributed by atoms with van der Waals surface area (Å²) in [6.07, 6.45) is 1.77. The summed E-state index contributed by atoms with van der Waals surface area (Å²) >= 11 is 5.82. The molecule has 1 aliphatic rings. The van der Waals surface area contributed by atoms with Crippen molar-refractivity contribution in [3.05, 3.63) is 132 Å². The molecule has 7 heteroatoms. The molecule has 3 heterocycles. The van der Waals surface area contributed by atoms with E-state index in [4.69, 9.17) is 21.4 Å². The summed E-state index contributed by atoms with van der Waals surface area (Å²) in [6, 6.07) is 31.1. The summed E-state index contributed by atoms with van der Waals surface area (Å²) in [4.78, 5) is 6.63. The lowest BCUT2D eigenvalue weighted by Gasteiger charge is -2.26. The fourth-order valence-corrected chi connectivity index (χ4v) is 5.02. The second-order valence-corrected chi connectivity index (χ2v) is 9.45. The van der Waals surface area contributed by atoms with Crippen LogP contribution < -0.4 is 15.0 Å². The van der Waals surface area contributed by atoms with Crippen LogP contribution in [0.1, 0.15) is 29.1 Å². The summed E-state index contributed by atoms with van der Waals surface area (Å²) in [5, 5.41) is 4.01. The average Bonchev–Trinajstić information content (AvgIpc) is 3.56. The van der Waals surface area contributed by atoms with Gasteiger partial charge in [0.15, 0.2) is 5.11 Å². The normalized spacial score (nSPS) is 16.9. The Morgan fingerprint density at radius 1 is 0.895 bits per heavy atom. The van der Waals surface area contributed by atoms with Crippen molar-refractivity contribution in [1.82, 2.24) is 10.3 Å². The summed E-state index contributed by atoms with van der Waals surface area (Å²) in [6.45, 7) is 2.02. The molecule has 3 aromatic carbocycles. The van der Waals surface area contributed by atoms with Gasteiger partial charge in [0, 0.05) is 17.4 Å². The van der Waals surface area contributed by atoms with Crippen LogP contribution in [0.25, 0.3) is 11.3 Å². The van der Waals surface area contributed by atoms with E-state index in [1.54, 1.807) is 18.3 Å². The zero-order valence-electron chi connectivity index (χ0n) is 20.5. The standard InChI is InChI=1S/C31H24FN3O2S/c1-20-6-2-3-8-26(20)36-24-15-13-23(14-16-24)35-30(29(34-31(35)38)25-7-4-5-19-33-25)28-18-17-27(37-28)21-9-11-22(32)12-10-21/h2-19,29-30H,1H3,(H,34,38)/t29-,30-/m1/s1. The number of para-hydroxylation sites is 1. The van der Waals surface area contributed by atoms with Crippen LogP contribution in [-0.2, 0) is 0 Å². The Morgan fingerprint density at radius 3 is 2.39 bits per heavy atom. The molecule has 38 heavy (non-hydrogen) atoms. The second kappa shape index (κ2) is 10.1. The molecule has 5 aromatic rings. The molecule has 2 atom stereocenters. The molecule has 1 aliphatic heterocycles. The lowest BCUT2D eigenvalue weighted by Crippen LogP contribution is -2.29. The van der Waals surface area contributed by atoms with E-state index in [9.17, 15) is 4.39 Å². The molecular formula is C31H24FN3O2S. The topological polar surface area (TPSA) is 50.5 Å². The van der Waals surface area contributed by atoms with Crippen molar-refractivity contribution in [2.45, 2.75) is 19.0 Å². The van der Waals surface area contributed by atoms with Gasteiger partial charge < -0.3 is 19.4 Å². The fourth-order valence-electron chi connectivity index (χ4n) is 4.68. The van der Waals surface area contributed by atoms with Crippen LogP contribution in [0.3, 0.4) is 0 Å². The predicted molar refractivity (Wildman–Crippen MR) is 150 cm³/mol. The van der Waals surface area contributed by atoms with Crippen LogP contribution in [0.4, 0.5) is 10.1 Å². The van der Waals surface area contributed by atoms with E-state index in [1.165, 1.54) is 12.1 Å². The van der Waals surface area contributed by atoms with Gasteiger partial charge >= 0.3 is 0 Å². The minimum absolute atomic E-state index is 0.237. The lowest BCUT2D eigenvalue weighted by atomic mass is 10.0. The number of nitrogens with zero attached hydrogens (tertiary/aromatic N) is 2. The highest BCUT2D eigenvalue weighted by atomic mass is 32.1. The molecule has 0 unspecified atom stereocenters. The highest BCUT2D eigenvalue weighted by molar-refractivity contribution is 7.80. The average molecular weight is 522 g/mol. The minimum Gasteiger partial charge on any atom is -0.459 e. The number of nitrogens with one attached hydrogen (secondary N) is 1. The first-order valence-electron chi connectivity index (χ1n) is 12.3. The number of pyridine rings is 1. The number of rotatable bonds is 6. The Labute approximate surface area is 225 Å². The van der Waals surface area contributed by atoms with E-state index in [1.807, 2.05) is 90.7 Å². The van der Waals surface area contributed by atoms with E-state index in [-0.39, 0.29) is 17.9 Å². The van der Waals surface area contributed by atoms with Gasteiger partial charge in [-0.15, -0.1) is 0 Å². The number of halogens is 1. The van der Waals surface area contributed by atoms with Crippen molar-refractivity contribution in [3.63, 3.8) is 0 Å². The Bertz CT molecular complexity index is 1570. The number of thiocarbonyl (C=S) groups is 1. The molecule has 0 radical (unpaired) electrons. The summed E-state index contributed by atoms with van der Waals surface area (Å²) in [5.74, 6) is 2.63. The minimum atomic E-state index is -0.297. The van der Waals surface area contributed by atoms with E-state index in [0.29, 0.717) is 16.6 Å².